The SMILES string of the molecule is CCCCN(CCO)CCO.CCCCN(CCO)CCO.O=C(O)O. The van der Waals surface area contributed by atoms with Crippen LogP contribution in [0.2, 0.25) is 0 Å². The van der Waals surface area contributed by atoms with Gasteiger partial charge >= 0.3 is 6.16 Å². The normalized spacial score (nSPS) is 10.2. The van der Waals surface area contributed by atoms with Crippen LogP contribution < -0.4 is 0 Å². The first-order valence-corrected chi connectivity index (χ1v) is 9.23. The zero-order valence-corrected chi connectivity index (χ0v) is 16.4. The number of aliphatic hydroxyl groups is 4. The van der Waals surface area contributed by atoms with Crippen molar-refractivity contribution in [3.8, 4) is 0 Å². The molecule has 0 aromatic carbocycles. The molecule has 0 saturated carbocycles. The van der Waals surface area contributed by atoms with E-state index in [1.54, 1.807) is 0 Å². The van der Waals surface area contributed by atoms with Crippen molar-refractivity contribution in [3.05, 3.63) is 0 Å². The lowest BCUT2D eigenvalue weighted by Crippen LogP contribution is -2.30. The number of carboxylic acid groups (broad SMARTS) is 2. The van der Waals surface area contributed by atoms with E-state index in [0.29, 0.717) is 26.2 Å². The van der Waals surface area contributed by atoms with Gasteiger partial charge in [0.05, 0.1) is 26.4 Å². The van der Waals surface area contributed by atoms with E-state index >= 15 is 0 Å². The first kappa shape index (κ1) is 29.8. The van der Waals surface area contributed by atoms with E-state index in [-0.39, 0.29) is 26.4 Å². The largest absolute Gasteiger partial charge is 0.503 e. The van der Waals surface area contributed by atoms with Crippen LogP contribution in [0.5, 0.6) is 0 Å². The summed E-state index contributed by atoms with van der Waals surface area (Å²) in [7, 11) is 0. The molecule has 0 aliphatic heterocycles. The molecule has 9 heteroatoms. The van der Waals surface area contributed by atoms with Gasteiger partial charge in [-0.15, -0.1) is 0 Å². The molecule has 0 rings (SSSR count). The Hall–Kier alpha value is -0.970. The van der Waals surface area contributed by atoms with Crippen molar-refractivity contribution in [1.82, 2.24) is 9.80 Å². The Morgan fingerprint density at radius 2 is 0.846 bits per heavy atom. The van der Waals surface area contributed by atoms with Gasteiger partial charge in [0.15, 0.2) is 0 Å². The fourth-order valence-electron chi connectivity index (χ4n) is 2.00. The fourth-order valence-corrected chi connectivity index (χ4v) is 2.00. The molecular weight excluding hydrogens is 344 g/mol. The van der Waals surface area contributed by atoms with Gasteiger partial charge in [-0.25, -0.2) is 4.79 Å². The molecule has 0 aliphatic carbocycles. The first-order valence-electron chi connectivity index (χ1n) is 9.23. The first-order chi connectivity index (χ1) is 12.4. The summed E-state index contributed by atoms with van der Waals surface area (Å²) in [6, 6.07) is 0. The maximum Gasteiger partial charge on any atom is 0.503 e. The van der Waals surface area contributed by atoms with Gasteiger partial charge in [-0.05, 0) is 25.9 Å². The Labute approximate surface area is 157 Å². The van der Waals surface area contributed by atoms with Gasteiger partial charge in [-0.2, -0.15) is 0 Å². The van der Waals surface area contributed by atoms with E-state index in [2.05, 4.69) is 23.6 Å². The highest BCUT2D eigenvalue weighted by molar-refractivity contribution is 5.53. The highest BCUT2D eigenvalue weighted by atomic mass is 16.6. The summed E-state index contributed by atoms with van der Waals surface area (Å²) < 4.78 is 0. The zero-order chi connectivity index (χ0) is 20.6. The second-order valence-corrected chi connectivity index (χ2v) is 5.57. The van der Waals surface area contributed by atoms with Gasteiger partial charge in [0.25, 0.3) is 0 Å². The van der Waals surface area contributed by atoms with E-state index in [0.717, 1.165) is 38.8 Å². The lowest BCUT2D eigenvalue weighted by molar-refractivity contribution is 0.137. The Bertz CT molecular complexity index is 235. The molecule has 0 bridgehead atoms. The van der Waals surface area contributed by atoms with E-state index in [9.17, 15) is 0 Å². The lowest BCUT2D eigenvalue weighted by Gasteiger charge is -2.19. The Morgan fingerprint density at radius 1 is 0.615 bits per heavy atom. The minimum Gasteiger partial charge on any atom is -0.450 e. The minimum atomic E-state index is -1.83. The molecular formula is C17H40N2O7. The third-order valence-corrected chi connectivity index (χ3v) is 3.32. The molecule has 160 valence electrons. The van der Waals surface area contributed by atoms with Crippen molar-refractivity contribution >= 4 is 6.16 Å². The third kappa shape index (κ3) is 30.9. The maximum absolute atomic E-state index is 8.64. The average molecular weight is 385 g/mol. The number of rotatable bonds is 14. The van der Waals surface area contributed by atoms with Gasteiger partial charge in [0, 0.05) is 26.2 Å². The van der Waals surface area contributed by atoms with E-state index in [4.69, 9.17) is 35.4 Å². The highest BCUT2D eigenvalue weighted by Gasteiger charge is 2.01. The third-order valence-electron chi connectivity index (χ3n) is 3.32. The van der Waals surface area contributed by atoms with Gasteiger partial charge in [-0.3, -0.25) is 9.80 Å². The molecule has 0 radical (unpaired) electrons. The van der Waals surface area contributed by atoms with Crippen LogP contribution in [-0.4, -0.2) is 112 Å². The van der Waals surface area contributed by atoms with Crippen molar-refractivity contribution in [2.24, 2.45) is 0 Å². The molecule has 0 unspecified atom stereocenters. The van der Waals surface area contributed by atoms with Crippen LogP contribution in [0.1, 0.15) is 39.5 Å². The quantitative estimate of drug-likeness (QED) is 0.250. The molecule has 9 nitrogen and oxygen atoms in total. The number of nitrogens with zero attached hydrogens (tertiary/aromatic N) is 2. The van der Waals surface area contributed by atoms with Crippen molar-refractivity contribution in [1.29, 1.82) is 0 Å². The topological polar surface area (TPSA) is 145 Å². The number of hydrogen-bond acceptors (Lipinski definition) is 7. The number of aliphatic hydroxyl groups excluding tert-OH is 4. The second-order valence-electron chi connectivity index (χ2n) is 5.57. The zero-order valence-electron chi connectivity index (χ0n) is 16.4. The molecule has 0 saturated heterocycles. The molecule has 0 aromatic rings. The van der Waals surface area contributed by atoms with Crippen LogP contribution in [0.15, 0.2) is 0 Å². The van der Waals surface area contributed by atoms with Crippen molar-refractivity contribution < 1.29 is 35.4 Å². The van der Waals surface area contributed by atoms with E-state index < -0.39 is 6.16 Å². The molecule has 0 aliphatic rings. The Morgan fingerprint density at radius 3 is 1.00 bits per heavy atom. The molecule has 0 fully saturated rings. The summed E-state index contributed by atoms with van der Waals surface area (Å²) >= 11 is 0. The minimum absolute atomic E-state index is 0.184. The van der Waals surface area contributed by atoms with Crippen LogP contribution in [0.4, 0.5) is 4.79 Å². The summed E-state index contributed by atoms with van der Waals surface area (Å²) in [5.74, 6) is 0. The molecule has 0 heterocycles. The fraction of sp³-hybridized carbons (Fsp3) is 0.941. The van der Waals surface area contributed by atoms with Gasteiger partial charge < -0.3 is 30.6 Å². The predicted molar refractivity (Wildman–Crippen MR) is 102 cm³/mol. The molecule has 0 atom stereocenters. The average Bonchev–Trinajstić information content (AvgIpc) is 2.58. The van der Waals surface area contributed by atoms with Crippen LogP contribution in [0.25, 0.3) is 0 Å². The van der Waals surface area contributed by atoms with E-state index in [1.807, 2.05) is 0 Å². The molecule has 0 amide bonds. The van der Waals surface area contributed by atoms with Crippen LogP contribution in [-0.2, 0) is 0 Å². The molecule has 0 aromatic heterocycles. The summed E-state index contributed by atoms with van der Waals surface area (Å²) in [5, 5.41) is 48.5. The lowest BCUT2D eigenvalue weighted by atomic mass is 10.3. The van der Waals surface area contributed by atoms with Crippen LogP contribution >= 0.6 is 0 Å². The van der Waals surface area contributed by atoms with Gasteiger partial charge in [0.1, 0.15) is 0 Å². The van der Waals surface area contributed by atoms with Gasteiger partial charge in [0.2, 0.25) is 0 Å². The van der Waals surface area contributed by atoms with E-state index in [1.165, 1.54) is 0 Å². The van der Waals surface area contributed by atoms with Crippen LogP contribution in [0, 0.1) is 0 Å². The van der Waals surface area contributed by atoms with Crippen molar-refractivity contribution in [2.45, 2.75) is 39.5 Å². The molecule has 6 N–H and O–H groups in total. The highest BCUT2D eigenvalue weighted by Crippen LogP contribution is 1.94. The summed E-state index contributed by atoms with van der Waals surface area (Å²) in [5.41, 5.74) is 0. The molecule has 0 spiro atoms. The number of unbranched alkanes of at least 4 members (excludes halogenated alkanes) is 2. The summed E-state index contributed by atoms with van der Waals surface area (Å²) in [4.78, 5) is 12.7. The maximum atomic E-state index is 8.64. The summed E-state index contributed by atoms with van der Waals surface area (Å²) in [6.07, 6.45) is 2.76. The van der Waals surface area contributed by atoms with Crippen LogP contribution in [0.3, 0.4) is 0 Å². The Kier molecular flexibility index (Phi) is 30.1. The van der Waals surface area contributed by atoms with Crippen molar-refractivity contribution in [3.63, 3.8) is 0 Å². The smallest absolute Gasteiger partial charge is 0.450 e. The van der Waals surface area contributed by atoms with Gasteiger partial charge in [-0.1, -0.05) is 26.7 Å². The second kappa shape index (κ2) is 26.3. The monoisotopic (exact) mass is 384 g/mol. The molecule has 26 heavy (non-hydrogen) atoms. The van der Waals surface area contributed by atoms with Crippen molar-refractivity contribution in [2.75, 3.05) is 65.7 Å². The standard InChI is InChI=1S/2C8H19NO2.CH2O3/c2*1-2-3-4-9(5-7-10)6-8-11;2-1(3)4/h2*10-11H,2-8H2,1H3;(H2,2,3,4). The number of carbonyl (C=O) groups is 1. The Balaban J connectivity index is -0.000000338. The number of hydrogen-bond donors (Lipinski definition) is 6. The summed E-state index contributed by atoms with van der Waals surface area (Å²) in [6.45, 7) is 9.70. The predicted octanol–water partition coefficient (Wildman–Crippen LogP) is 0.369.